The van der Waals surface area contributed by atoms with Crippen molar-refractivity contribution >= 4 is 17.5 Å². The Balaban J connectivity index is 1.58. The van der Waals surface area contributed by atoms with E-state index in [1.54, 1.807) is 0 Å². The third kappa shape index (κ3) is 2.94. The summed E-state index contributed by atoms with van der Waals surface area (Å²) in [6.07, 6.45) is 10.5. The number of benzene rings is 1. The molecule has 2 amide bonds. The van der Waals surface area contributed by atoms with Gasteiger partial charge in [-0.05, 0) is 55.4 Å². The maximum Gasteiger partial charge on any atom is 0.251 e. The lowest BCUT2D eigenvalue weighted by atomic mass is 9.89. The molecule has 1 fully saturated rings. The topological polar surface area (TPSA) is 49.4 Å². The lowest BCUT2D eigenvalue weighted by Gasteiger charge is -2.35. The molecule has 0 bridgehead atoms. The van der Waals surface area contributed by atoms with Crippen molar-refractivity contribution in [1.82, 2.24) is 5.32 Å². The average molecular weight is 326 g/mol. The Hall–Kier alpha value is -1.84. The van der Waals surface area contributed by atoms with Gasteiger partial charge in [0.15, 0.2) is 0 Å². The number of aryl methyl sites for hydroxylation is 2. The van der Waals surface area contributed by atoms with E-state index in [1.165, 1.54) is 36.8 Å². The van der Waals surface area contributed by atoms with Crippen molar-refractivity contribution in [2.75, 3.05) is 11.4 Å². The first-order valence-corrected chi connectivity index (χ1v) is 9.49. The van der Waals surface area contributed by atoms with E-state index in [-0.39, 0.29) is 11.8 Å². The first kappa shape index (κ1) is 15.7. The zero-order valence-corrected chi connectivity index (χ0v) is 14.3. The van der Waals surface area contributed by atoms with E-state index in [2.05, 4.69) is 5.32 Å². The van der Waals surface area contributed by atoms with Crippen molar-refractivity contribution in [3.63, 3.8) is 0 Å². The standard InChI is InChI=1S/C20H26N2O2/c23-18-10-9-15-13-16(12-14-6-5-11-22(18)19(14)15)20(24)21-17-7-3-1-2-4-8-17/h12-13,17H,1-11H2,(H,21,24). The van der Waals surface area contributed by atoms with Gasteiger partial charge in [0.25, 0.3) is 5.91 Å². The summed E-state index contributed by atoms with van der Waals surface area (Å²) >= 11 is 0. The lowest BCUT2D eigenvalue weighted by Crippen LogP contribution is -2.40. The molecule has 3 aliphatic rings. The van der Waals surface area contributed by atoms with E-state index in [0.29, 0.717) is 12.5 Å². The summed E-state index contributed by atoms with van der Waals surface area (Å²) in [6.45, 7) is 0.826. The number of nitrogens with zero attached hydrogens (tertiary/aromatic N) is 1. The molecular formula is C20H26N2O2. The molecule has 1 saturated carbocycles. The number of rotatable bonds is 2. The highest BCUT2D eigenvalue weighted by Crippen LogP contribution is 2.36. The maximum absolute atomic E-state index is 12.8. The zero-order valence-electron chi connectivity index (χ0n) is 14.3. The van der Waals surface area contributed by atoms with E-state index in [9.17, 15) is 9.59 Å². The molecule has 0 radical (unpaired) electrons. The minimum Gasteiger partial charge on any atom is -0.349 e. The van der Waals surface area contributed by atoms with Crippen molar-refractivity contribution < 1.29 is 9.59 Å². The molecule has 4 heteroatoms. The molecule has 2 heterocycles. The monoisotopic (exact) mass is 326 g/mol. The highest BCUT2D eigenvalue weighted by atomic mass is 16.2. The summed E-state index contributed by atoms with van der Waals surface area (Å²) in [5, 5.41) is 3.25. The van der Waals surface area contributed by atoms with Crippen LogP contribution in [0.2, 0.25) is 0 Å². The lowest BCUT2D eigenvalue weighted by molar-refractivity contribution is -0.119. The summed E-state index contributed by atoms with van der Waals surface area (Å²) in [5.74, 6) is 0.300. The first-order chi connectivity index (χ1) is 11.7. The van der Waals surface area contributed by atoms with Gasteiger partial charge in [-0.25, -0.2) is 0 Å². The van der Waals surface area contributed by atoms with Crippen LogP contribution in [0, 0.1) is 0 Å². The molecule has 1 aromatic rings. The number of amides is 2. The molecule has 4 rings (SSSR count). The van der Waals surface area contributed by atoms with Crippen molar-refractivity contribution in [2.24, 2.45) is 0 Å². The highest BCUT2D eigenvalue weighted by molar-refractivity contribution is 6.00. The van der Waals surface area contributed by atoms with E-state index >= 15 is 0 Å². The summed E-state index contributed by atoms with van der Waals surface area (Å²) < 4.78 is 0. The third-order valence-electron chi connectivity index (χ3n) is 5.73. The normalized spacial score (nSPS) is 21.2. The number of anilines is 1. The molecule has 128 valence electrons. The molecule has 2 aliphatic heterocycles. The van der Waals surface area contributed by atoms with Gasteiger partial charge in [0.1, 0.15) is 0 Å². The van der Waals surface area contributed by atoms with Gasteiger partial charge < -0.3 is 10.2 Å². The predicted octanol–water partition coefficient (Wildman–Crippen LogP) is 3.36. The number of nitrogens with one attached hydrogen (secondary N) is 1. The SMILES string of the molecule is O=C(NC1CCCCCC1)c1cc2c3c(c1)CCC(=O)N3CCC2. The summed E-state index contributed by atoms with van der Waals surface area (Å²) in [6, 6.07) is 4.37. The van der Waals surface area contributed by atoms with Gasteiger partial charge in [0.05, 0.1) is 5.69 Å². The second-order valence-electron chi connectivity index (χ2n) is 7.45. The van der Waals surface area contributed by atoms with Gasteiger partial charge in [0, 0.05) is 24.6 Å². The molecule has 1 N–H and O–H groups in total. The van der Waals surface area contributed by atoms with Crippen molar-refractivity contribution in [3.8, 4) is 0 Å². The molecule has 1 aromatic carbocycles. The number of hydrogen-bond acceptors (Lipinski definition) is 2. The quantitative estimate of drug-likeness (QED) is 0.847. The van der Waals surface area contributed by atoms with Crippen LogP contribution >= 0.6 is 0 Å². The minimum atomic E-state index is 0.0648. The van der Waals surface area contributed by atoms with E-state index in [4.69, 9.17) is 0 Å². The Morgan fingerprint density at radius 2 is 1.67 bits per heavy atom. The van der Waals surface area contributed by atoms with Crippen LogP contribution in [0.1, 0.15) is 72.9 Å². The number of hydrogen-bond donors (Lipinski definition) is 1. The Morgan fingerprint density at radius 3 is 2.42 bits per heavy atom. The van der Waals surface area contributed by atoms with E-state index in [0.717, 1.165) is 49.9 Å². The summed E-state index contributed by atoms with van der Waals surface area (Å²) in [4.78, 5) is 26.8. The van der Waals surface area contributed by atoms with Gasteiger partial charge in [0.2, 0.25) is 5.91 Å². The molecule has 24 heavy (non-hydrogen) atoms. The van der Waals surface area contributed by atoms with E-state index in [1.807, 2.05) is 17.0 Å². The zero-order chi connectivity index (χ0) is 16.5. The van der Waals surface area contributed by atoms with Crippen LogP contribution in [0.25, 0.3) is 0 Å². The van der Waals surface area contributed by atoms with Crippen LogP contribution in [0.4, 0.5) is 5.69 Å². The van der Waals surface area contributed by atoms with Crippen LogP contribution < -0.4 is 10.2 Å². The second kappa shape index (κ2) is 6.58. The van der Waals surface area contributed by atoms with Crippen LogP contribution in [0.3, 0.4) is 0 Å². The van der Waals surface area contributed by atoms with Crippen LogP contribution in [-0.2, 0) is 17.6 Å². The molecule has 0 atom stereocenters. The van der Waals surface area contributed by atoms with Gasteiger partial charge in [-0.3, -0.25) is 9.59 Å². The Bertz CT molecular complexity index is 643. The fourth-order valence-electron chi connectivity index (χ4n) is 4.48. The summed E-state index contributed by atoms with van der Waals surface area (Å²) in [7, 11) is 0. The molecule has 0 aromatic heterocycles. The van der Waals surface area contributed by atoms with Crippen molar-refractivity contribution in [1.29, 1.82) is 0 Å². The van der Waals surface area contributed by atoms with Gasteiger partial charge >= 0.3 is 0 Å². The fourth-order valence-corrected chi connectivity index (χ4v) is 4.48. The molecule has 0 unspecified atom stereocenters. The number of carbonyl (C=O) groups is 2. The maximum atomic E-state index is 12.8. The highest BCUT2D eigenvalue weighted by Gasteiger charge is 2.30. The van der Waals surface area contributed by atoms with Crippen molar-refractivity contribution in [2.45, 2.75) is 70.3 Å². The minimum absolute atomic E-state index is 0.0648. The molecule has 4 nitrogen and oxygen atoms in total. The Kier molecular flexibility index (Phi) is 4.30. The first-order valence-electron chi connectivity index (χ1n) is 9.49. The summed E-state index contributed by atoms with van der Waals surface area (Å²) in [5.41, 5.74) is 4.24. The molecule has 0 spiro atoms. The number of carbonyl (C=O) groups excluding carboxylic acids is 2. The predicted molar refractivity (Wildman–Crippen MR) is 94.4 cm³/mol. The largest absolute Gasteiger partial charge is 0.349 e. The smallest absolute Gasteiger partial charge is 0.251 e. The van der Waals surface area contributed by atoms with Gasteiger partial charge in [-0.1, -0.05) is 25.7 Å². The van der Waals surface area contributed by atoms with E-state index < -0.39 is 0 Å². The molecule has 1 aliphatic carbocycles. The van der Waals surface area contributed by atoms with Crippen LogP contribution in [0.5, 0.6) is 0 Å². The Morgan fingerprint density at radius 1 is 0.958 bits per heavy atom. The van der Waals surface area contributed by atoms with Gasteiger partial charge in [-0.2, -0.15) is 0 Å². The fraction of sp³-hybridized carbons (Fsp3) is 0.600. The van der Waals surface area contributed by atoms with Crippen LogP contribution in [0.15, 0.2) is 12.1 Å². The van der Waals surface area contributed by atoms with Gasteiger partial charge in [-0.15, -0.1) is 0 Å². The average Bonchev–Trinajstić information content (AvgIpc) is 2.86. The Labute approximate surface area is 143 Å². The third-order valence-corrected chi connectivity index (χ3v) is 5.73. The second-order valence-corrected chi connectivity index (χ2v) is 7.45. The van der Waals surface area contributed by atoms with Crippen molar-refractivity contribution in [3.05, 3.63) is 28.8 Å². The van der Waals surface area contributed by atoms with Crippen LogP contribution in [-0.4, -0.2) is 24.4 Å². The molecule has 0 saturated heterocycles. The molecular weight excluding hydrogens is 300 g/mol.